The van der Waals surface area contributed by atoms with Gasteiger partial charge in [-0.2, -0.15) is 0 Å². The van der Waals surface area contributed by atoms with Crippen molar-refractivity contribution in [2.75, 3.05) is 18.5 Å². The number of carbonyl (C=O) groups excluding carboxylic acids is 2. The number of esters is 1. The number of aromatic hydroxyl groups is 1. The summed E-state index contributed by atoms with van der Waals surface area (Å²) in [6.45, 7) is 3.53. The summed E-state index contributed by atoms with van der Waals surface area (Å²) in [4.78, 5) is 22.8. The number of anilines is 1. The second-order valence-electron chi connectivity index (χ2n) is 4.50. The van der Waals surface area contributed by atoms with E-state index in [2.05, 4.69) is 10.6 Å². The summed E-state index contributed by atoms with van der Waals surface area (Å²) >= 11 is 5.88. The van der Waals surface area contributed by atoms with Crippen LogP contribution in [-0.4, -0.2) is 35.4 Å². The Bertz CT molecular complexity index is 548. The van der Waals surface area contributed by atoms with Gasteiger partial charge in [0.15, 0.2) is 0 Å². The maximum Gasteiger partial charge on any atom is 0.319 e. The van der Waals surface area contributed by atoms with E-state index in [0.29, 0.717) is 0 Å². The van der Waals surface area contributed by atoms with Gasteiger partial charge in [-0.1, -0.05) is 11.6 Å². The predicted molar refractivity (Wildman–Crippen MR) is 82.0 cm³/mol. The summed E-state index contributed by atoms with van der Waals surface area (Å²) in [5, 5.41) is 24.6. The number of halogens is 1. The first-order valence-electron chi connectivity index (χ1n) is 6.76. The summed E-state index contributed by atoms with van der Waals surface area (Å²) < 4.78 is 4.72. The van der Waals surface area contributed by atoms with Crippen LogP contribution in [-0.2, 0) is 9.53 Å². The number of phenols is 1. The molecule has 0 radical (unpaired) electrons. The van der Waals surface area contributed by atoms with Gasteiger partial charge in [0.05, 0.1) is 24.8 Å². The van der Waals surface area contributed by atoms with E-state index in [1.54, 1.807) is 6.92 Å². The SMILES string of the molecule is CCOC(=O)CCNC(=O)Nc1cc(Cl)cc(C(C)O)c1O. The van der Waals surface area contributed by atoms with Crippen LogP contribution in [0.4, 0.5) is 10.5 Å². The van der Waals surface area contributed by atoms with Gasteiger partial charge in [-0.15, -0.1) is 0 Å². The Balaban J connectivity index is 2.63. The maximum absolute atomic E-state index is 11.7. The fraction of sp³-hybridized carbons (Fsp3) is 0.429. The number of amides is 2. The molecule has 122 valence electrons. The number of aliphatic hydroxyl groups excluding tert-OH is 1. The van der Waals surface area contributed by atoms with E-state index < -0.39 is 18.1 Å². The van der Waals surface area contributed by atoms with Gasteiger partial charge in [-0.25, -0.2) is 4.79 Å². The number of aliphatic hydroxyl groups is 1. The van der Waals surface area contributed by atoms with Crippen molar-refractivity contribution in [3.05, 3.63) is 22.7 Å². The summed E-state index contributed by atoms with van der Waals surface area (Å²) in [7, 11) is 0. The van der Waals surface area contributed by atoms with Crippen LogP contribution in [0.15, 0.2) is 12.1 Å². The smallest absolute Gasteiger partial charge is 0.319 e. The molecule has 1 atom stereocenters. The average molecular weight is 331 g/mol. The number of hydrogen-bond acceptors (Lipinski definition) is 5. The van der Waals surface area contributed by atoms with Crippen molar-refractivity contribution >= 4 is 29.3 Å². The van der Waals surface area contributed by atoms with Gasteiger partial charge < -0.3 is 25.6 Å². The number of benzene rings is 1. The lowest BCUT2D eigenvalue weighted by Crippen LogP contribution is -2.31. The van der Waals surface area contributed by atoms with Crippen molar-refractivity contribution in [3.63, 3.8) is 0 Å². The average Bonchev–Trinajstić information content (AvgIpc) is 2.42. The van der Waals surface area contributed by atoms with Gasteiger partial charge in [0, 0.05) is 17.1 Å². The lowest BCUT2D eigenvalue weighted by atomic mass is 10.1. The van der Waals surface area contributed by atoms with E-state index in [1.165, 1.54) is 19.1 Å². The van der Waals surface area contributed by atoms with Gasteiger partial charge in [-0.05, 0) is 26.0 Å². The first-order valence-corrected chi connectivity index (χ1v) is 7.13. The molecule has 1 rings (SSSR count). The molecule has 22 heavy (non-hydrogen) atoms. The fourth-order valence-corrected chi connectivity index (χ4v) is 1.94. The van der Waals surface area contributed by atoms with Crippen LogP contribution in [0.1, 0.15) is 31.9 Å². The molecule has 0 aliphatic carbocycles. The van der Waals surface area contributed by atoms with Crippen LogP contribution in [0, 0.1) is 0 Å². The fourth-order valence-electron chi connectivity index (χ4n) is 1.71. The molecular weight excluding hydrogens is 312 g/mol. The molecule has 7 nitrogen and oxygen atoms in total. The Labute approximate surface area is 133 Å². The summed E-state index contributed by atoms with van der Waals surface area (Å²) in [5.41, 5.74) is 0.270. The Morgan fingerprint density at radius 2 is 2.09 bits per heavy atom. The molecule has 0 heterocycles. The topological polar surface area (TPSA) is 108 Å². The Hall–Kier alpha value is -1.99. The van der Waals surface area contributed by atoms with Crippen molar-refractivity contribution in [2.24, 2.45) is 0 Å². The molecule has 0 aliphatic heterocycles. The lowest BCUT2D eigenvalue weighted by molar-refractivity contribution is -0.142. The number of urea groups is 1. The number of phenolic OH excluding ortho intramolecular Hbond substituents is 1. The van der Waals surface area contributed by atoms with Crippen LogP contribution in [0.25, 0.3) is 0 Å². The molecule has 0 bridgehead atoms. The lowest BCUT2D eigenvalue weighted by Gasteiger charge is -2.14. The summed E-state index contributed by atoms with van der Waals surface area (Å²) in [6, 6.07) is 2.15. The molecular formula is C14H19ClN2O5. The molecule has 2 amide bonds. The monoisotopic (exact) mass is 330 g/mol. The third-order valence-corrected chi connectivity index (χ3v) is 2.94. The Morgan fingerprint density at radius 3 is 2.68 bits per heavy atom. The molecule has 0 saturated heterocycles. The van der Waals surface area contributed by atoms with Crippen LogP contribution in [0.2, 0.25) is 5.02 Å². The maximum atomic E-state index is 11.7. The molecule has 0 fully saturated rings. The first-order chi connectivity index (χ1) is 10.3. The molecule has 0 spiro atoms. The highest BCUT2D eigenvalue weighted by atomic mass is 35.5. The highest BCUT2D eigenvalue weighted by molar-refractivity contribution is 6.31. The molecule has 1 aromatic rings. The van der Waals surface area contributed by atoms with Gasteiger partial charge >= 0.3 is 12.0 Å². The molecule has 4 N–H and O–H groups in total. The van der Waals surface area contributed by atoms with Crippen LogP contribution < -0.4 is 10.6 Å². The third-order valence-electron chi connectivity index (χ3n) is 2.72. The standard InChI is InChI=1S/C14H19ClN2O5/c1-3-22-12(19)4-5-16-14(21)17-11-7-9(15)6-10(8(2)18)13(11)20/h6-8,18,20H,3-5H2,1-2H3,(H2,16,17,21). The van der Waals surface area contributed by atoms with E-state index in [4.69, 9.17) is 16.3 Å². The summed E-state index contributed by atoms with van der Waals surface area (Å²) in [6.07, 6.45) is -0.895. The predicted octanol–water partition coefficient (Wildman–Crippen LogP) is 2.17. The highest BCUT2D eigenvalue weighted by Gasteiger charge is 2.15. The minimum Gasteiger partial charge on any atom is -0.505 e. The number of hydrogen-bond donors (Lipinski definition) is 4. The number of rotatable bonds is 6. The first kappa shape index (κ1) is 18.1. The van der Waals surface area contributed by atoms with E-state index in [1.807, 2.05) is 0 Å². The zero-order chi connectivity index (χ0) is 16.7. The second-order valence-corrected chi connectivity index (χ2v) is 4.94. The van der Waals surface area contributed by atoms with E-state index in [9.17, 15) is 19.8 Å². The zero-order valence-corrected chi connectivity index (χ0v) is 13.1. The molecule has 1 unspecified atom stereocenters. The highest BCUT2D eigenvalue weighted by Crippen LogP contribution is 2.35. The van der Waals surface area contributed by atoms with E-state index in [-0.39, 0.29) is 41.6 Å². The van der Waals surface area contributed by atoms with E-state index in [0.717, 1.165) is 0 Å². The van der Waals surface area contributed by atoms with Crippen molar-refractivity contribution < 1.29 is 24.5 Å². The number of carbonyl (C=O) groups is 2. The summed E-state index contributed by atoms with van der Waals surface area (Å²) in [5.74, 6) is -0.676. The van der Waals surface area contributed by atoms with Crippen LogP contribution in [0.3, 0.4) is 0 Å². The normalized spacial score (nSPS) is 11.6. The molecule has 0 aliphatic rings. The van der Waals surface area contributed by atoms with Gasteiger partial charge in [-0.3, -0.25) is 4.79 Å². The second kappa shape index (κ2) is 8.45. The Kier molecular flexibility index (Phi) is 6.94. The van der Waals surface area contributed by atoms with Crippen molar-refractivity contribution in [1.29, 1.82) is 0 Å². The largest absolute Gasteiger partial charge is 0.505 e. The van der Waals surface area contributed by atoms with Crippen LogP contribution >= 0.6 is 11.6 Å². The number of ether oxygens (including phenoxy) is 1. The molecule has 0 aromatic heterocycles. The zero-order valence-electron chi connectivity index (χ0n) is 12.4. The minimum absolute atomic E-state index is 0.0434. The minimum atomic E-state index is -0.939. The van der Waals surface area contributed by atoms with Crippen molar-refractivity contribution in [3.8, 4) is 5.75 Å². The molecule has 0 saturated carbocycles. The quantitative estimate of drug-likeness (QED) is 0.472. The van der Waals surface area contributed by atoms with Gasteiger partial charge in [0.25, 0.3) is 0 Å². The molecule has 8 heteroatoms. The van der Waals surface area contributed by atoms with Crippen molar-refractivity contribution in [2.45, 2.75) is 26.4 Å². The van der Waals surface area contributed by atoms with E-state index >= 15 is 0 Å². The van der Waals surface area contributed by atoms with Crippen LogP contribution in [0.5, 0.6) is 5.75 Å². The van der Waals surface area contributed by atoms with Gasteiger partial charge in [0.2, 0.25) is 0 Å². The van der Waals surface area contributed by atoms with Crippen molar-refractivity contribution in [1.82, 2.24) is 5.32 Å². The Morgan fingerprint density at radius 1 is 1.41 bits per heavy atom. The third kappa shape index (κ3) is 5.42. The van der Waals surface area contributed by atoms with Gasteiger partial charge in [0.1, 0.15) is 5.75 Å². The number of nitrogens with one attached hydrogen (secondary N) is 2. The molecule has 1 aromatic carbocycles.